The van der Waals surface area contributed by atoms with Gasteiger partial charge in [0.25, 0.3) is 0 Å². The Morgan fingerprint density at radius 2 is 2.19 bits per heavy atom. The first-order valence-corrected chi connectivity index (χ1v) is 11.6. The Morgan fingerprint density at radius 3 is 2.88 bits per heavy atom. The second-order valence-corrected chi connectivity index (χ2v) is 9.77. The summed E-state index contributed by atoms with van der Waals surface area (Å²) in [7, 11) is 0. The summed E-state index contributed by atoms with van der Waals surface area (Å²) < 4.78 is 8.16. The highest BCUT2D eigenvalue weighted by atomic mass is 32.2. The van der Waals surface area contributed by atoms with Crippen LogP contribution in [0.2, 0.25) is 0 Å². The summed E-state index contributed by atoms with van der Waals surface area (Å²) in [5, 5.41) is 12.0. The number of aromatic nitrogens is 4. The number of thioether (sulfide) groups is 2. The molecule has 0 bridgehead atoms. The number of hydrogen-bond acceptors (Lipinski definition) is 7. The molecule has 3 aromatic rings. The first-order chi connectivity index (χ1) is 12.5. The molecule has 5 nitrogen and oxygen atoms in total. The lowest BCUT2D eigenvalue weighted by Gasteiger charge is -2.26. The van der Waals surface area contributed by atoms with Crippen molar-refractivity contribution in [2.75, 3.05) is 12.0 Å². The molecule has 0 spiro atoms. The fraction of sp³-hybridized carbons (Fsp3) is 0.500. The topological polar surface area (TPSA) is 52.3 Å². The first kappa shape index (κ1) is 18.3. The Balaban J connectivity index is 1.91. The number of thiophene rings is 1. The fourth-order valence-corrected chi connectivity index (χ4v) is 5.72. The van der Waals surface area contributed by atoms with Crippen LogP contribution in [0.15, 0.2) is 22.5 Å². The minimum absolute atomic E-state index is 0.251. The van der Waals surface area contributed by atoms with Gasteiger partial charge in [0.2, 0.25) is 0 Å². The van der Waals surface area contributed by atoms with Gasteiger partial charge < -0.3 is 4.74 Å². The molecule has 4 heterocycles. The SMILES string of the molecule is C=C(C)CSc1nnc2c3c4c(sc3nc(SC)n12)CO[C@H](C(C)C)C4. The van der Waals surface area contributed by atoms with Crippen molar-refractivity contribution in [3.63, 3.8) is 0 Å². The average Bonchev–Trinajstić information content (AvgIpc) is 3.19. The number of hydrogen-bond donors (Lipinski definition) is 0. The van der Waals surface area contributed by atoms with Gasteiger partial charge in [-0.25, -0.2) is 9.38 Å². The van der Waals surface area contributed by atoms with E-state index < -0.39 is 0 Å². The molecule has 0 fully saturated rings. The first-order valence-electron chi connectivity index (χ1n) is 8.61. The molecule has 0 radical (unpaired) electrons. The number of rotatable bonds is 5. The zero-order valence-corrected chi connectivity index (χ0v) is 17.9. The quantitative estimate of drug-likeness (QED) is 0.344. The Labute approximate surface area is 165 Å². The second-order valence-electron chi connectivity index (χ2n) is 6.97. The van der Waals surface area contributed by atoms with Crippen LogP contribution in [0.3, 0.4) is 0 Å². The minimum Gasteiger partial charge on any atom is -0.372 e. The van der Waals surface area contributed by atoms with Gasteiger partial charge in [-0.15, -0.1) is 21.5 Å². The molecule has 4 rings (SSSR count). The molecule has 0 amide bonds. The van der Waals surface area contributed by atoms with E-state index in [9.17, 15) is 0 Å². The Morgan fingerprint density at radius 1 is 1.38 bits per heavy atom. The van der Waals surface area contributed by atoms with Crippen molar-refractivity contribution >= 4 is 50.7 Å². The molecule has 0 unspecified atom stereocenters. The zero-order chi connectivity index (χ0) is 18.4. The third-order valence-electron chi connectivity index (χ3n) is 4.53. The van der Waals surface area contributed by atoms with Crippen LogP contribution in [0.4, 0.5) is 0 Å². The van der Waals surface area contributed by atoms with Gasteiger partial charge in [0.15, 0.2) is 16.0 Å². The molecule has 1 aliphatic heterocycles. The van der Waals surface area contributed by atoms with Crippen molar-refractivity contribution in [2.45, 2.75) is 50.2 Å². The van der Waals surface area contributed by atoms with Crippen LogP contribution in [0, 0.1) is 5.92 Å². The molecule has 3 aromatic heterocycles. The summed E-state index contributed by atoms with van der Waals surface area (Å²) in [5.41, 5.74) is 3.39. The molecular weight excluding hydrogens is 384 g/mol. The van der Waals surface area contributed by atoms with Gasteiger partial charge in [-0.3, -0.25) is 0 Å². The van der Waals surface area contributed by atoms with Crippen LogP contribution < -0.4 is 0 Å². The standard InChI is InChI=1S/C18H22N4OS3/c1-9(2)8-25-18-21-20-15-14-11-6-12(10(3)4)23-7-13(11)26-16(14)19-17(24-5)22(15)18/h10,12H,1,6-8H2,2-5H3/t12-/m0/s1. The van der Waals surface area contributed by atoms with Gasteiger partial charge in [0.05, 0.1) is 18.1 Å². The van der Waals surface area contributed by atoms with E-state index in [2.05, 4.69) is 35.0 Å². The summed E-state index contributed by atoms with van der Waals surface area (Å²) in [6.07, 6.45) is 3.22. The second kappa shape index (κ2) is 7.14. The molecular formula is C18H22N4OS3. The minimum atomic E-state index is 0.251. The van der Waals surface area contributed by atoms with Crippen LogP contribution in [-0.4, -0.2) is 37.7 Å². The summed E-state index contributed by atoms with van der Waals surface area (Å²) in [6, 6.07) is 0. The molecule has 0 aromatic carbocycles. The van der Waals surface area contributed by atoms with Crippen molar-refractivity contribution in [1.82, 2.24) is 19.6 Å². The van der Waals surface area contributed by atoms with Crippen molar-refractivity contribution in [3.05, 3.63) is 22.6 Å². The largest absolute Gasteiger partial charge is 0.372 e. The van der Waals surface area contributed by atoms with E-state index in [4.69, 9.17) is 9.72 Å². The molecule has 1 atom stereocenters. The highest BCUT2D eigenvalue weighted by molar-refractivity contribution is 7.99. The molecule has 0 N–H and O–H groups in total. The maximum atomic E-state index is 6.05. The summed E-state index contributed by atoms with van der Waals surface area (Å²) in [6.45, 7) is 11.1. The number of fused-ring (bicyclic) bond motifs is 5. The van der Waals surface area contributed by atoms with Crippen LogP contribution in [0.1, 0.15) is 31.2 Å². The van der Waals surface area contributed by atoms with Crippen LogP contribution in [0.25, 0.3) is 15.9 Å². The lowest BCUT2D eigenvalue weighted by Crippen LogP contribution is -2.26. The predicted octanol–water partition coefficient (Wildman–Crippen LogP) is 4.83. The van der Waals surface area contributed by atoms with E-state index in [0.29, 0.717) is 12.5 Å². The average molecular weight is 407 g/mol. The highest BCUT2D eigenvalue weighted by Gasteiger charge is 2.28. The predicted molar refractivity (Wildman–Crippen MR) is 111 cm³/mol. The molecule has 0 aliphatic carbocycles. The lowest BCUT2D eigenvalue weighted by molar-refractivity contribution is 0.00203. The number of ether oxygens (including phenoxy) is 1. The van der Waals surface area contributed by atoms with Crippen LogP contribution >= 0.6 is 34.9 Å². The maximum absolute atomic E-state index is 6.05. The smallest absolute Gasteiger partial charge is 0.198 e. The van der Waals surface area contributed by atoms with E-state index in [1.165, 1.54) is 10.4 Å². The van der Waals surface area contributed by atoms with Gasteiger partial charge >= 0.3 is 0 Å². The maximum Gasteiger partial charge on any atom is 0.198 e. The summed E-state index contributed by atoms with van der Waals surface area (Å²) >= 11 is 5.03. The highest BCUT2D eigenvalue weighted by Crippen LogP contribution is 2.40. The molecule has 26 heavy (non-hydrogen) atoms. The molecule has 138 valence electrons. The van der Waals surface area contributed by atoms with Crippen LogP contribution in [-0.2, 0) is 17.8 Å². The fourth-order valence-electron chi connectivity index (χ4n) is 3.17. The van der Waals surface area contributed by atoms with Crippen molar-refractivity contribution < 1.29 is 4.74 Å². The third-order valence-corrected chi connectivity index (χ3v) is 7.42. The lowest BCUT2D eigenvalue weighted by atomic mass is 9.96. The van der Waals surface area contributed by atoms with Gasteiger partial charge in [0.1, 0.15) is 4.83 Å². The molecule has 0 saturated heterocycles. The van der Waals surface area contributed by atoms with Gasteiger partial charge in [-0.2, -0.15) is 0 Å². The van der Waals surface area contributed by atoms with Crippen molar-refractivity contribution in [2.24, 2.45) is 5.92 Å². The number of nitrogens with zero attached hydrogens (tertiary/aromatic N) is 4. The zero-order valence-electron chi connectivity index (χ0n) is 15.4. The van der Waals surface area contributed by atoms with Crippen molar-refractivity contribution in [3.8, 4) is 0 Å². The summed E-state index contributed by atoms with van der Waals surface area (Å²) in [4.78, 5) is 7.26. The molecule has 8 heteroatoms. The third kappa shape index (κ3) is 3.06. The van der Waals surface area contributed by atoms with Crippen LogP contribution in [0.5, 0.6) is 0 Å². The Kier molecular flexibility index (Phi) is 5.02. The van der Waals surface area contributed by atoms with Gasteiger partial charge in [0, 0.05) is 17.1 Å². The molecule has 1 aliphatic rings. The van der Waals surface area contributed by atoms with E-state index in [1.807, 2.05) is 13.2 Å². The Bertz CT molecular complexity index is 992. The summed E-state index contributed by atoms with van der Waals surface area (Å²) in [5.74, 6) is 1.32. The van der Waals surface area contributed by atoms with E-state index in [0.717, 1.165) is 43.9 Å². The molecule has 0 saturated carbocycles. The normalized spacial score (nSPS) is 17.3. The van der Waals surface area contributed by atoms with Crippen molar-refractivity contribution in [1.29, 1.82) is 0 Å². The monoisotopic (exact) mass is 406 g/mol. The Hall–Kier alpha value is -1.09. The van der Waals surface area contributed by atoms with Gasteiger partial charge in [-0.05, 0) is 24.7 Å². The van der Waals surface area contributed by atoms with Gasteiger partial charge in [-0.1, -0.05) is 49.5 Å². The van der Waals surface area contributed by atoms with E-state index >= 15 is 0 Å². The van der Waals surface area contributed by atoms with E-state index in [-0.39, 0.29) is 6.10 Å². The van der Waals surface area contributed by atoms with E-state index in [1.54, 1.807) is 34.9 Å².